The van der Waals surface area contributed by atoms with E-state index in [2.05, 4.69) is 42.2 Å². The Bertz CT molecular complexity index is 580. The summed E-state index contributed by atoms with van der Waals surface area (Å²) in [6.07, 6.45) is 9.51. The van der Waals surface area contributed by atoms with Gasteiger partial charge in [-0.2, -0.15) is 0 Å². The average Bonchev–Trinajstić information content (AvgIpc) is 3.21. The zero-order chi connectivity index (χ0) is 18.2. The van der Waals surface area contributed by atoms with Crippen LogP contribution in [0.25, 0.3) is 0 Å². The average molecular weight is 362 g/mol. The maximum atomic E-state index is 4.42. The minimum atomic E-state index is 0.644. The van der Waals surface area contributed by atoms with Crippen molar-refractivity contribution < 1.29 is 0 Å². The molecule has 1 aromatic heterocycles. The zero-order valence-electron chi connectivity index (χ0n) is 16.5. The fraction of sp³-hybridized carbons (Fsp3) is 0.842. The molecule has 1 atom stereocenters. The van der Waals surface area contributed by atoms with Crippen molar-refractivity contribution in [3.8, 4) is 0 Å². The largest absolute Gasteiger partial charge is 0.356 e. The number of guanidine groups is 1. The number of aryl methyl sites for hydroxylation is 2. The first kappa shape index (κ1) is 19.1. The molecule has 0 spiro atoms. The fourth-order valence-corrected chi connectivity index (χ4v) is 4.16. The van der Waals surface area contributed by atoms with Gasteiger partial charge in [-0.1, -0.05) is 13.3 Å². The van der Waals surface area contributed by atoms with Crippen molar-refractivity contribution in [1.82, 2.24) is 30.3 Å². The predicted octanol–water partition coefficient (Wildman–Crippen LogP) is 1.59. The van der Waals surface area contributed by atoms with Crippen LogP contribution in [0.5, 0.6) is 0 Å². The lowest BCUT2D eigenvalue weighted by Gasteiger charge is -2.24. The Morgan fingerprint density at radius 2 is 2.08 bits per heavy atom. The zero-order valence-corrected chi connectivity index (χ0v) is 16.5. The maximum absolute atomic E-state index is 4.42. The molecule has 3 heterocycles. The smallest absolute Gasteiger partial charge is 0.191 e. The van der Waals surface area contributed by atoms with Crippen LogP contribution in [0.3, 0.4) is 0 Å². The minimum absolute atomic E-state index is 0.644. The number of fused-ring (bicyclic) bond motifs is 1. The molecule has 146 valence electrons. The number of aromatic nitrogens is 3. The van der Waals surface area contributed by atoms with E-state index in [-0.39, 0.29) is 0 Å². The van der Waals surface area contributed by atoms with Gasteiger partial charge in [0.25, 0.3) is 0 Å². The van der Waals surface area contributed by atoms with E-state index < -0.39 is 0 Å². The van der Waals surface area contributed by atoms with E-state index in [4.69, 9.17) is 0 Å². The lowest BCUT2D eigenvalue weighted by Crippen LogP contribution is -2.45. The van der Waals surface area contributed by atoms with Gasteiger partial charge in [-0.05, 0) is 45.2 Å². The molecule has 0 bridgehead atoms. The molecule has 2 N–H and O–H groups in total. The van der Waals surface area contributed by atoms with Gasteiger partial charge in [0.15, 0.2) is 5.96 Å². The first-order valence-electron chi connectivity index (χ1n) is 10.4. The summed E-state index contributed by atoms with van der Waals surface area (Å²) in [5.41, 5.74) is 0. The van der Waals surface area contributed by atoms with E-state index in [1.807, 2.05) is 7.05 Å². The topological polar surface area (TPSA) is 70.4 Å². The first-order chi connectivity index (χ1) is 12.8. The molecule has 2 aliphatic heterocycles. The standard InChI is InChI=1S/C19H35N7/c1-3-25-13-8-9-16(25)15-22-19(20-2)21-12-7-11-18-24-23-17-10-5-4-6-14-26(17)18/h16H,3-15H2,1-2H3,(H2,20,21,22). The van der Waals surface area contributed by atoms with Gasteiger partial charge in [-0.25, -0.2) is 0 Å². The molecule has 7 nitrogen and oxygen atoms in total. The lowest BCUT2D eigenvalue weighted by molar-refractivity contribution is 0.267. The van der Waals surface area contributed by atoms with Crippen molar-refractivity contribution >= 4 is 5.96 Å². The van der Waals surface area contributed by atoms with Crippen LogP contribution in [0.1, 0.15) is 57.1 Å². The Morgan fingerprint density at radius 1 is 1.15 bits per heavy atom. The molecule has 0 aliphatic carbocycles. The summed E-state index contributed by atoms with van der Waals surface area (Å²) in [5, 5.41) is 15.7. The van der Waals surface area contributed by atoms with Crippen molar-refractivity contribution in [3.63, 3.8) is 0 Å². The number of nitrogens with zero attached hydrogens (tertiary/aromatic N) is 5. The van der Waals surface area contributed by atoms with Crippen LogP contribution in [-0.2, 0) is 19.4 Å². The number of rotatable bonds is 7. The van der Waals surface area contributed by atoms with Gasteiger partial charge in [-0.15, -0.1) is 10.2 Å². The highest BCUT2D eigenvalue weighted by Crippen LogP contribution is 2.16. The molecule has 1 aromatic rings. The highest BCUT2D eigenvalue weighted by Gasteiger charge is 2.22. The molecule has 0 radical (unpaired) electrons. The number of likely N-dealkylation sites (N-methyl/N-ethyl adjacent to an activating group) is 1. The van der Waals surface area contributed by atoms with E-state index in [1.165, 1.54) is 44.5 Å². The van der Waals surface area contributed by atoms with Gasteiger partial charge in [0.05, 0.1) is 0 Å². The Kier molecular flexibility index (Phi) is 7.29. The van der Waals surface area contributed by atoms with E-state index in [9.17, 15) is 0 Å². The number of likely N-dealkylation sites (tertiary alicyclic amines) is 1. The van der Waals surface area contributed by atoms with Crippen molar-refractivity contribution in [2.45, 2.75) is 70.9 Å². The fourth-order valence-electron chi connectivity index (χ4n) is 4.16. The molecular formula is C19H35N7. The van der Waals surface area contributed by atoms with Crippen LogP contribution in [0.2, 0.25) is 0 Å². The number of hydrogen-bond acceptors (Lipinski definition) is 4. The lowest BCUT2D eigenvalue weighted by atomic mass is 10.2. The van der Waals surface area contributed by atoms with Gasteiger partial charge in [0.1, 0.15) is 11.6 Å². The molecule has 1 saturated heterocycles. The molecule has 0 amide bonds. The Labute approximate surface area is 157 Å². The van der Waals surface area contributed by atoms with Crippen LogP contribution in [0.15, 0.2) is 4.99 Å². The van der Waals surface area contributed by atoms with Gasteiger partial charge in [-0.3, -0.25) is 9.89 Å². The van der Waals surface area contributed by atoms with E-state index in [1.54, 1.807) is 0 Å². The van der Waals surface area contributed by atoms with E-state index >= 15 is 0 Å². The highest BCUT2D eigenvalue weighted by atomic mass is 15.3. The van der Waals surface area contributed by atoms with Gasteiger partial charge in [0.2, 0.25) is 0 Å². The third-order valence-electron chi connectivity index (χ3n) is 5.69. The second-order valence-corrected chi connectivity index (χ2v) is 7.40. The van der Waals surface area contributed by atoms with Crippen LogP contribution in [-0.4, -0.2) is 64.9 Å². The van der Waals surface area contributed by atoms with Crippen molar-refractivity contribution in [3.05, 3.63) is 11.6 Å². The summed E-state index contributed by atoms with van der Waals surface area (Å²) in [4.78, 5) is 6.91. The predicted molar refractivity (Wildman–Crippen MR) is 106 cm³/mol. The molecule has 2 aliphatic rings. The third-order valence-corrected chi connectivity index (χ3v) is 5.69. The quantitative estimate of drug-likeness (QED) is 0.438. The second-order valence-electron chi connectivity index (χ2n) is 7.40. The molecule has 0 aromatic carbocycles. The number of aliphatic imine (C=N–C) groups is 1. The summed E-state index contributed by atoms with van der Waals surface area (Å²) in [5.74, 6) is 3.24. The van der Waals surface area contributed by atoms with Crippen LogP contribution >= 0.6 is 0 Å². The minimum Gasteiger partial charge on any atom is -0.356 e. The van der Waals surface area contributed by atoms with Gasteiger partial charge >= 0.3 is 0 Å². The van der Waals surface area contributed by atoms with Gasteiger partial charge < -0.3 is 15.2 Å². The summed E-state index contributed by atoms with van der Waals surface area (Å²) in [6.45, 7) is 7.59. The molecule has 7 heteroatoms. The summed E-state index contributed by atoms with van der Waals surface area (Å²) >= 11 is 0. The molecule has 1 fully saturated rings. The van der Waals surface area contributed by atoms with Crippen LogP contribution in [0.4, 0.5) is 0 Å². The number of hydrogen-bond donors (Lipinski definition) is 2. The summed E-state index contributed by atoms with van der Waals surface area (Å²) < 4.78 is 2.35. The molecule has 26 heavy (non-hydrogen) atoms. The van der Waals surface area contributed by atoms with E-state index in [0.29, 0.717) is 6.04 Å². The van der Waals surface area contributed by atoms with Crippen molar-refractivity contribution in [2.24, 2.45) is 4.99 Å². The monoisotopic (exact) mass is 361 g/mol. The van der Waals surface area contributed by atoms with Crippen LogP contribution < -0.4 is 10.6 Å². The van der Waals surface area contributed by atoms with Crippen molar-refractivity contribution in [1.29, 1.82) is 0 Å². The second kappa shape index (κ2) is 9.90. The third kappa shape index (κ3) is 4.96. The summed E-state index contributed by atoms with van der Waals surface area (Å²) in [6, 6.07) is 0.644. The van der Waals surface area contributed by atoms with Gasteiger partial charge in [0, 0.05) is 45.6 Å². The maximum Gasteiger partial charge on any atom is 0.191 e. The van der Waals surface area contributed by atoms with Crippen molar-refractivity contribution in [2.75, 3.05) is 33.2 Å². The Hall–Kier alpha value is -1.63. The normalized spacial score (nSPS) is 21.5. The molecule has 1 unspecified atom stereocenters. The highest BCUT2D eigenvalue weighted by molar-refractivity contribution is 5.79. The molecule has 3 rings (SSSR count). The summed E-state index contributed by atoms with van der Waals surface area (Å²) in [7, 11) is 1.85. The molecular weight excluding hydrogens is 326 g/mol. The Morgan fingerprint density at radius 3 is 2.92 bits per heavy atom. The van der Waals surface area contributed by atoms with E-state index in [0.717, 1.165) is 57.2 Å². The Balaban J connectivity index is 1.38. The SMILES string of the molecule is CCN1CCCC1CNC(=NC)NCCCc1nnc2n1CCCCC2. The molecule has 0 saturated carbocycles. The van der Waals surface area contributed by atoms with Crippen LogP contribution in [0, 0.1) is 0 Å². The first-order valence-corrected chi connectivity index (χ1v) is 10.4. The number of nitrogens with one attached hydrogen (secondary N) is 2.